The maximum absolute atomic E-state index is 11.9. The van der Waals surface area contributed by atoms with E-state index in [1.165, 1.54) is 25.0 Å². The van der Waals surface area contributed by atoms with Crippen LogP contribution in [0.1, 0.15) is 34.3 Å². The van der Waals surface area contributed by atoms with Crippen LogP contribution in [-0.4, -0.2) is 32.2 Å². The molecule has 0 aliphatic heterocycles. The first kappa shape index (κ1) is 23.3. The van der Waals surface area contributed by atoms with E-state index in [-0.39, 0.29) is 12.2 Å². The van der Waals surface area contributed by atoms with Gasteiger partial charge in [0.15, 0.2) is 0 Å². The number of nitrogens with one attached hydrogen (secondary N) is 1. The second-order valence-corrected chi connectivity index (χ2v) is 9.93. The predicted octanol–water partition coefficient (Wildman–Crippen LogP) is 3.68. The van der Waals surface area contributed by atoms with Crippen LogP contribution in [0.4, 0.5) is 0 Å². The van der Waals surface area contributed by atoms with E-state index in [1.807, 2.05) is 22.9 Å². The maximum atomic E-state index is 11.9. The fourth-order valence-electron chi connectivity index (χ4n) is 3.18. The van der Waals surface area contributed by atoms with Crippen LogP contribution in [-0.2, 0) is 16.6 Å². The van der Waals surface area contributed by atoms with E-state index in [4.69, 9.17) is 9.47 Å². The van der Waals surface area contributed by atoms with Crippen LogP contribution in [0, 0.1) is 17.2 Å². The number of carbonyl (C=O) groups excluding carboxylic acids is 1. The molecule has 1 aliphatic carbocycles. The average molecular weight is 478 g/mol. The largest absolute Gasteiger partial charge is 0.489 e. The summed E-state index contributed by atoms with van der Waals surface area (Å²) in [6.45, 7) is 0.895. The molecule has 1 aromatic heterocycles. The Morgan fingerprint density at radius 3 is 2.47 bits per heavy atom. The summed E-state index contributed by atoms with van der Waals surface area (Å²) in [4.78, 5) is 16.3. The third kappa shape index (κ3) is 6.56. The highest BCUT2D eigenvalue weighted by molar-refractivity contribution is 7.89. The highest BCUT2D eigenvalue weighted by atomic mass is 32.2. The van der Waals surface area contributed by atoms with Gasteiger partial charge in [-0.2, -0.15) is 5.26 Å². The average Bonchev–Trinajstić information content (AvgIpc) is 3.65. The first-order valence-electron chi connectivity index (χ1n) is 10.7. The molecule has 0 radical (unpaired) electrons. The highest BCUT2D eigenvalue weighted by Crippen LogP contribution is 2.30. The van der Waals surface area contributed by atoms with Crippen molar-refractivity contribution in [1.82, 2.24) is 9.71 Å². The van der Waals surface area contributed by atoms with Crippen LogP contribution in [0.3, 0.4) is 0 Å². The number of rotatable bonds is 9. The fraction of sp³-hybridized carbons (Fsp3) is 0.240. The fourth-order valence-corrected chi connectivity index (χ4v) is 3.64. The van der Waals surface area contributed by atoms with E-state index < -0.39 is 15.9 Å². The molecule has 0 saturated heterocycles. The number of hydrogen-bond acceptors (Lipinski definition) is 7. The smallest absolute Gasteiger partial charge is 0.264 e. The number of benzene rings is 2. The third-order valence-corrected chi connectivity index (χ3v) is 5.73. The Kier molecular flexibility index (Phi) is 6.80. The van der Waals surface area contributed by atoms with Gasteiger partial charge in [-0.05, 0) is 66.3 Å². The Morgan fingerprint density at radius 2 is 1.85 bits per heavy atom. The molecule has 1 aliphatic rings. The minimum Gasteiger partial charge on any atom is -0.489 e. The van der Waals surface area contributed by atoms with Crippen molar-refractivity contribution in [3.8, 4) is 28.8 Å². The van der Waals surface area contributed by atoms with Crippen molar-refractivity contribution >= 4 is 15.9 Å². The van der Waals surface area contributed by atoms with Gasteiger partial charge in [-0.1, -0.05) is 12.1 Å². The first-order valence-corrected chi connectivity index (χ1v) is 12.6. The number of sulfonamides is 1. The van der Waals surface area contributed by atoms with Crippen molar-refractivity contribution < 1.29 is 22.7 Å². The van der Waals surface area contributed by atoms with Gasteiger partial charge in [0.05, 0.1) is 24.5 Å². The van der Waals surface area contributed by atoms with Gasteiger partial charge >= 0.3 is 0 Å². The van der Waals surface area contributed by atoms with Gasteiger partial charge in [-0.15, -0.1) is 0 Å². The molecular weight excluding hydrogens is 454 g/mol. The molecule has 3 aromatic rings. The summed E-state index contributed by atoms with van der Waals surface area (Å²) in [5.41, 5.74) is 3.08. The highest BCUT2D eigenvalue weighted by Gasteiger charge is 2.22. The quantitative estimate of drug-likeness (QED) is 0.499. The minimum absolute atomic E-state index is 0.203. The van der Waals surface area contributed by atoms with Gasteiger partial charge in [0.25, 0.3) is 5.91 Å². The normalized spacial score (nSPS) is 13.1. The Bertz CT molecular complexity index is 1330. The number of hydrogen-bond donors (Lipinski definition) is 1. The number of ether oxygens (including phenoxy) is 2. The van der Waals surface area contributed by atoms with Crippen molar-refractivity contribution in [2.24, 2.45) is 5.92 Å². The molecule has 9 heteroatoms. The lowest BCUT2D eigenvalue weighted by atomic mass is 10.0. The van der Waals surface area contributed by atoms with Crippen molar-refractivity contribution in [3.05, 3.63) is 77.5 Å². The minimum atomic E-state index is -3.63. The lowest BCUT2D eigenvalue weighted by Crippen LogP contribution is -2.29. The van der Waals surface area contributed by atoms with Crippen LogP contribution in [0.5, 0.6) is 11.6 Å². The molecule has 0 spiro atoms. The van der Waals surface area contributed by atoms with Crippen molar-refractivity contribution in [3.63, 3.8) is 0 Å². The van der Waals surface area contributed by atoms with E-state index in [0.717, 1.165) is 22.9 Å². The van der Waals surface area contributed by atoms with E-state index in [0.29, 0.717) is 29.7 Å². The summed E-state index contributed by atoms with van der Waals surface area (Å²) in [6.07, 6.45) is 5.06. The van der Waals surface area contributed by atoms with Gasteiger partial charge < -0.3 is 9.47 Å². The number of nitriles is 1. The lowest BCUT2D eigenvalue weighted by Gasteiger charge is -2.11. The molecule has 8 nitrogen and oxygen atoms in total. The van der Waals surface area contributed by atoms with E-state index in [2.05, 4.69) is 11.1 Å². The Morgan fingerprint density at radius 1 is 1.09 bits per heavy atom. The molecule has 1 fully saturated rings. The van der Waals surface area contributed by atoms with Crippen LogP contribution in [0.15, 0.2) is 60.8 Å². The number of aromatic nitrogens is 1. The lowest BCUT2D eigenvalue weighted by molar-refractivity contribution is 0.0981. The monoisotopic (exact) mass is 477 g/mol. The van der Waals surface area contributed by atoms with Gasteiger partial charge in [0.2, 0.25) is 15.9 Å². The summed E-state index contributed by atoms with van der Waals surface area (Å²) in [5, 5.41) is 9.43. The standard InChI is InChI=1S/C25H23N3O5S/c1-34(30,31)28-25(29)20-6-4-18(5-7-20)15-32-23-11-19(13-26)10-22(12-23)21-8-9-24(27-14-21)33-16-17-2-3-17/h4-12,14,17H,2-3,15-16H2,1H3,(H,28,29). The summed E-state index contributed by atoms with van der Waals surface area (Å²) in [7, 11) is -3.63. The zero-order valence-corrected chi connectivity index (χ0v) is 19.3. The van der Waals surface area contributed by atoms with E-state index in [1.54, 1.807) is 30.5 Å². The Hall–Kier alpha value is -3.90. The molecule has 1 N–H and O–H groups in total. The number of amides is 1. The second kappa shape index (κ2) is 9.93. The molecule has 0 unspecified atom stereocenters. The molecule has 0 atom stereocenters. The Labute approximate surface area is 198 Å². The molecule has 1 heterocycles. The molecule has 2 aromatic carbocycles. The zero-order valence-electron chi connectivity index (χ0n) is 18.5. The number of pyridine rings is 1. The van der Waals surface area contributed by atoms with E-state index in [9.17, 15) is 18.5 Å². The van der Waals surface area contributed by atoms with Crippen LogP contribution in [0.2, 0.25) is 0 Å². The number of nitrogens with zero attached hydrogens (tertiary/aromatic N) is 2. The van der Waals surface area contributed by atoms with Crippen LogP contribution in [0.25, 0.3) is 11.1 Å². The zero-order chi connectivity index (χ0) is 24.1. The molecule has 1 amide bonds. The summed E-state index contributed by atoms with van der Waals surface area (Å²) in [5.74, 6) is 1.05. The first-order chi connectivity index (χ1) is 16.3. The van der Waals surface area contributed by atoms with Gasteiger partial charge in [0.1, 0.15) is 12.4 Å². The SMILES string of the molecule is CS(=O)(=O)NC(=O)c1ccc(COc2cc(C#N)cc(-c3ccc(OCC4CC4)nc3)c2)cc1. The van der Waals surface area contributed by atoms with Crippen LogP contribution < -0.4 is 14.2 Å². The molecule has 174 valence electrons. The molecule has 0 bridgehead atoms. The van der Waals surface area contributed by atoms with Crippen molar-refractivity contribution in [1.29, 1.82) is 5.26 Å². The third-order valence-electron chi connectivity index (χ3n) is 5.17. The molecule has 1 saturated carbocycles. The van der Waals surface area contributed by atoms with Crippen LogP contribution >= 0.6 is 0 Å². The van der Waals surface area contributed by atoms with E-state index >= 15 is 0 Å². The summed E-state index contributed by atoms with van der Waals surface area (Å²) in [6, 6.07) is 17.5. The van der Waals surface area contributed by atoms with Gasteiger partial charge in [0, 0.05) is 23.4 Å². The van der Waals surface area contributed by atoms with Gasteiger partial charge in [-0.25, -0.2) is 18.1 Å². The topological polar surface area (TPSA) is 118 Å². The maximum Gasteiger partial charge on any atom is 0.264 e. The molecule has 34 heavy (non-hydrogen) atoms. The number of carbonyl (C=O) groups is 1. The molecule has 4 rings (SSSR count). The Balaban J connectivity index is 1.43. The summed E-state index contributed by atoms with van der Waals surface area (Å²) >= 11 is 0. The molecular formula is C25H23N3O5S. The van der Waals surface area contributed by atoms with Crippen molar-refractivity contribution in [2.75, 3.05) is 12.9 Å². The van der Waals surface area contributed by atoms with Crippen molar-refractivity contribution in [2.45, 2.75) is 19.4 Å². The van der Waals surface area contributed by atoms with Gasteiger partial charge in [-0.3, -0.25) is 4.79 Å². The summed E-state index contributed by atoms with van der Waals surface area (Å²) < 4.78 is 35.9. The predicted molar refractivity (Wildman–Crippen MR) is 126 cm³/mol. The second-order valence-electron chi connectivity index (χ2n) is 8.19.